The van der Waals surface area contributed by atoms with Gasteiger partial charge in [-0.3, -0.25) is 14.5 Å². The summed E-state index contributed by atoms with van der Waals surface area (Å²) in [5.41, 5.74) is 5.81. The molecule has 3 aromatic rings. The Hall–Kier alpha value is -2.69. The second-order valence-corrected chi connectivity index (χ2v) is 7.71. The molecule has 0 bridgehead atoms. The van der Waals surface area contributed by atoms with Crippen LogP contribution in [0, 0.1) is 20.8 Å². The van der Waals surface area contributed by atoms with Gasteiger partial charge in [-0.05, 0) is 63.8 Å². The first-order valence-corrected chi connectivity index (χ1v) is 9.63. The van der Waals surface area contributed by atoms with Crippen LogP contribution in [0.2, 0.25) is 0 Å². The van der Waals surface area contributed by atoms with Crippen LogP contribution in [0.5, 0.6) is 0 Å². The summed E-state index contributed by atoms with van der Waals surface area (Å²) in [7, 11) is 1.92. The molecule has 0 aliphatic carbocycles. The third-order valence-corrected chi connectivity index (χ3v) is 5.45. The van der Waals surface area contributed by atoms with Crippen molar-refractivity contribution in [3.05, 3.63) is 58.5 Å². The lowest BCUT2D eigenvalue weighted by Crippen LogP contribution is -2.39. The van der Waals surface area contributed by atoms with Crippen molar-refractivity contribution in [1.82, 2.24) is 19.7 Å². The maximum atomic E-state index is 13.6. The van der Waals surface area contributed by atoms with Gasteiger partial charge in [0.25, 0.3) is 5.91 Å². The van der Waals surface area contributed by atoms with Gasteiger partial charge in [0.2, 0.25) is 0 Å². The van der Waals surface area contributed by atoms with E-state index in [1.165, 1.54) is 0 Å². The quantitative estimate of drug-likeness (QED) is 0.684. The molecule has 5 nitrogen and oxygen atoms in total. The molecule has 140 valence electrons. The van der Waals surface area contributed by atoms with Crippen LogP contribution >= 0.6 is 0 Å². The molecule has 1 aliphatic heterocycles. The summed E-state index contributed by atoms with van der Waals surface area (Å²) in [5.74, 6) is 0.0888. The number of carbonyl (C=O) groups excluding carboxylic acids is 1. The van der Waals surface area contributed by atoms with Gasteiger partial charge in [-0.1, -0.05) is 11.6 Å². The highest BCUT2D eigenvalue weighted by Crippen LogP contribution is 2.33. The maximum absolute atomic E-state index is 13.6. The molecule has 0 N–H and O–H groups in total. The Labute approximate surface area is 160 Å². The van der Waals surface area contributed by atoms with E-state index >= 15 is 0 Å². The first-order valence-electron chi connectivity index (χ1n) is 9.63. The Bertz CT molecular complexity index is 1020. The standard InChI is InChI=1S/C22H26N4O/c1-14-11-15(2)21-17(12-14)18(13-16(3)23-21)22(27)26-9-6-5-7-20(26)19-8-10-25(4)24-19/h8,10-13,20H,5-7,9H2,1-4H3/t20-/m1/s1. The van der Waals surface area contributed by atoms with Crippen molar-refractivity contribution in [3.8, 4) is 0 Å². The average molecular weight is 362 g/mol. The number of piperidine rings is 1. The second kappa shape index (κ2) is 6.80. The molecule has 27 heavy (non-hydrogen) atoms. The molecule has 1 fully saturated rings. The molecule has 2 aromatic heterocycles. The van der Waals surface area contributed by atoms with Crippen molar-refractivity contribution >= 4 is 16.8 Å². The molecule has 4 rings (SSSR count). The van der Waals surface area contributed by atoms with Gasteiger partial charge in [-0.25, -0.2) is 0 Å². The van der Waals surface area contributed by atoms with Crippen molar-refractivity contribution in [2.75, 3.05) is 6.54 Å². The number of aryl methyl sites for hydroxylation is 4. The Morgan fingerprint density at radius 2 is 1.96 bits per heavy atom. The zero-order valence-corrected chi connectivity index (χ0v) is 16.5. The SMILES string of the molecule is Cc1cc(C)c2nc(C)cc(C(=O)N3CCCC[C@@H]3c3ccn(C)n3)c2c1. The number of aromatic nitrogens is 3. The maximum Gasteiger partial charge on any atom is 0.255 e. The molecule has 1 atom stereocenters. The van der Waals surface area contributed by atoms with Gasteiger partial charge >= 0.3 is 0 Å². The molecule has 0 radical (unpaired) electrons. The van der Waals surface area contributed by atoms with E-state index in [2.05, 4.69) is 31.1 Å². The Morgan fingerprint density at radius 3 is 2.70 bits per heavy atom. The number of carbonyl (C=O) groups is 1. The van der Waals surface area contributed by atoms with Crippen LogP contribution in [0.3, 0.4) is 0 Å². The van der Waals surface area contributed by atoms with Crippen molar-refractivity contribution in [2.45, 2.75) is 46.1 Å². The lowest BCUT2D eigenvalue weighted by atomic mass is 9.96. The highest BCUT2D eigenvalue weighted by Gasteiger charge is 2.31. The predicted octanol–water partition coefficient (Wildman–Crippen LogP) is 4.26. The molecule has 5 heteroatoms. The number of fused-ring (bicyclic) bond motifs is 1. The van der Waals surface area contributed by atoms with Crippen molar-refractivity contribution in [3.63, 3.8) is 0 Å². The second-order valence-electron chi connectivity index (χ2n) is 7.71. The van der Waals surface area contributed by atoms with Gasteiger partial charge in [0.1, 0.15) is 0 Å². The monoisotopic (exact) mass is 362 g/mol. The van der Waals surface area contributed by atoms with E-state index in [0.717, 1.165) is 64.8 Å². The molecule has 0 saturated carbocycles. The topological polar surface area (TPSA) is 51.0 Å². The van der Waals surface area contributed by atoms with Crippen molar-refractivity contribution in [2.24, 2.45) is 7.05 Å². The van der Waals surface area contributed by atoms with Crippen molar-refractivity contribution < 1.29 is 4.79 Å². The summed E-state index contributed by atoms with van der Waals surface area (Å²) in [4.78, 5) is 20.4. The van der Waals surface area contributed by atoms with Gasteiger partial charge < -0.3 is 4.90 Å². The smallest absolute Gasteiger partial charge is 0.255 e. The highest BCUT2D eigenvalue weighted by atomic mass is 16.2. The normalized spacial score (nSPS) is 17.5. The van der Waals surface area contributed by atoms with E-state index in [1.54, 1.807) is 0 Å². The van der Waals surface area contributed by atoms with E-state index in [-0.39, 0.29) is 11.9 Å². The van der Waals surface area contributed by atoms with E-state index in [1.807, 2.05) is 41.9 Å². The minimum Gasteiger partial charge on any atom is -0.330 e. The van der Waals surface area contributed by atoms with Crippen LogP contribution in [0.15, 0.2) is 30.5 Å². The molecule has 1 aromatic carbocycles. The van der Waals surface area contributed by atoms with Crippen LogP contribution in [0.25, 0.3) is 10.9 Å². The minimum absolute atomic E-state index is 0.0434. The number of hydrogen-bond acceptors (Lipinski definition) is 3. The van der Waals surface area contributed by atoms with Gasteiger partial charge in [0.15, 0.2) is 0 Å². The first-order chi connectivity index (χ1) is 12.9. The Balaban J connectivity index is 1.81. The molecule has 3 heterocycles. The fourth-order valence-corrected chi connectivity index (χ4v) is 4.23. The molecule has 1 saturated heterocycles. The lowest BCUT2D eigenvalue weighted by Gasteiger charge is -2.35. The number of benzene rings is 1. The molecular formula is C22H26N4O. The molecular weight excluding hydrogens is 336 g/mol. The lowest BCUT2D eigenvalue weighted by molar-refractivity contribution is 0.0607. The molecule has 0 spiro atoms. The third-order valence-electron chi connectivity index (χ3n) is 5.45. The van der Waals surface area contributed by atoms with Crippen LogP contribution in [-0.4, -0.2) is 32.1 Å². The molecule has 1 amide bonds. The van der Waals surface area contributed by atoms with E-state index < -0.39 is 0 Å². The van der Waals surface area contributed by atoms with Crippen LogP contribution in [-0.2, 0) is 7.05 Å². The molecule has 0 unspecified atom stereocenters. The van der Waals surface area contributed by atoms with E-state index in [4.69, 9.17) is 4.98 Å². The Morgan fingerprint density at radius 1 is 1.15 bits per heavy atom. The summed E-state index contributed by atoms with van der Waals surface area (Å²) in [6.07, 6.45) is 5.07. The van der Waals surface area contributed by atoms with E-state index in [9.17, 15) is 4.79 Å². The number of nitrogens with zero attached hydrogens (tertiary/aromatic N) is 4. The number of hydrogen-bond donors (Lipinski definition) is 0. The van der Waals surface area contributed by atoms with Crippen LogP contribution in [0.1, 0.15) is 58.2 Å². The number of likely N-dealkylation sites (tertiary alicyclic amines) is 1. The van der Waals surface area contributed by atoms with Gasteiger partial charge in [-0.2, -0.15) is 5.10 Å². The summed E-state index contributed by atoms with van der Waals surface area (Å²) in [5, 5.41) is 5.53. The zero-order valence-electron chi connectivity index (χ0n) is 16.5. The van der Waals surface area contributed by atoms with Gasteiger partial charge in [0.05, 0.1) is 22.8 Å². The fraction of sp³-hybridized carbons (Fsp3) is 0.409. The van der Waals surface area contributed by atoms with Crippen molar-refractivity contribution in [1.29, 1.82) is 0 Å². The van der Waals surface area contributed by atoms with Crippen LogP contribution < -0.4 is 0 Å². The Kier molecular flexibility index (Phi) is 4.46. The largest absolute Gasteiger partial charge is 0.330 e. The van der Waals surface area contributed by atoms with Crippen LogP contribution in [0.4, 0.5) is 0 Å². The summed E-state index contributed by atoms with van der Waals surface area (Å²) in [6, 6.07) is 8.22. The third kappa shape index (κ3) is 3.22. The highest BCUT2D eigenvalue weighted by molar-refractivity contribution is 6.07. The first kappa shape index (κ1) is 17.7. The summed E-state index contributed by atoms with van der Waals surface area (Å²) < 4.78 is 1.81. The predicted molar refractivity (Wildman–Crippen MR) is 107 cm³/mol. The van der Waals surface area contributed by atoms with E-state index in [0.29, 0.717) is 0 Å². The fourth-order valence-electron chi connectivity index (χ4n) is 4.23. The number of pyridine rings is 1. The summed E-state index contributed by atoms with van der Waals surface area (Å²) >= 11 is 0. The number of rotatable bonds is 2. The average Bonchev–Trinajstić information content (AvgIpc) is 3.07. The minimum atomic E-state index is 0.0434. The zero-order chi connectivity index (χ0) is 19.1. The molecule has 1 aliphatic rings. The summed E-state index contributed by atoms with van der Waals surface area (Å²) in [6.45, 7) is 6.86. The van der Waals surface area contributed by atoms with Gasteiger partial charge in [-0.15, -0.1) is 0 Å². The van der Waals surface area contributed by atoms with Gasteiger partial charge in [0, 0.05) is 30.9 Å². The number of amides is 1.